The number of nitrogens with two attached hydrogens (primary N) is 1. The number of hydrogen-bond donors (Lipinski definition) is 3. The van der Waals surface area contributed by atoms with E-state index in [1.807, 2.05) is 12.1 Å². The largest absolute Gasteiger partial charge is 0.507 e. The third-order valence-corrected chi connectivity index (χ3v) is 3.10. The number of H-pyrrole nitrogens is 1. The number of aromatic nitrogens is 1. The first-order valence-corrected chi connectivity index (χ1v) is 5.86. The minimum Gasteiger partial charge on any atom is -0.507 e. The van der Waals surface area contributed by atoms with E-state index in [-0.39, 0.29) is 11.3 Å². The van der Waals surface area contributed by atoms with Crippen LogP contribution in [0.15, 0.2) is 53.5 Å². The third kappa shape index (κ3) is 1.83. The Bertz CT molecular complexity index is 822. The lowest BCUT2D eigenvalue weighted by molar-refractivity contribution is 0.481. The van der Waals surface area contributed by atoms with Crippen molar-refractivity contribution in [2.45, 2.75) is 0 Å². The first-order valence-electron chi connectivity index (χ1n) is 5.86. The zero-order valence-corrected chi connectivity index (χ0v) is 10.1. The Morgan fingerprint density at radius 3 is 2.68 bits per heavy atom. The van der Waals surface area contributed by atoms with Gasteiger partial charge in [-0.2, -0.15) is 0 Å². The summed E-state index contributed by atoms with van der Waals surface area (Å²) in [5.41, 5.74) is 7.78. The van der Waals surface area contributed by atoms with Crippen LogP contribution < -0.4 is 11.3 Å². The number of anilines is 1. The summed E-state index contributed by atoms with van der Waals surface area (Å²) in [6.45, 7) is 0. The molecule has 0 amide bonds. The third-order valence-electron chi connectivity index (χ3n) is 3.10. The highest BCUT2D eigenvalue weighted by molar-refractivity contribution is 6.00. The van der Waals surface area contributed by atoms with Crippen molar-refractivity contribution in [1.82, 2.24) is 4.98 Å². The van der Waals surface area contributed by atoms with E-state index in [1.54, 1.807) is 36.5 Å². The van der Waals surface area contributed by atoms with Crippen LogP contribution in [0, 0.1) is 0 Å². The molecule has 4 N–H and O–H groups in total. The molecule has 0 fully saturated rings. The molecular weight excluding hydrogens is 240 g/mol. The van der Waals surface area contributed by atoms with Crippen molar-refractivity contribution in [2.24, 2.45) is 0 Å². The van der Waals surface area contributed by atoms with Crippen molar-refractivity contribution in [3.8, 4) is 16.9 Å². The van der Waals surface area contributed by atoms with E-state index in [4.69, 9.17) is 5.73 Å². The standard InChI is InChI=1S/C15H12N2O2/c16-10-4-1-3-9(7-10)12-8-17-15(19)11-5-2-6-13(18)14(11)12/h1-8,18H,16H2,(H,17,19). The predicted molar refractivity (Wildman–Crippen MR) is 76.1 cm³/mol. The molecule has 4 nitrogen and oxygen atoms in total. The zero-order valence-electron chi connectivity index (χ0n) is 10.1. The summed E-state index contributed by atoms with van der Waals surface area (Å²) < 4.78 is 0. The van der Waals surface area contributed by atoms with E-state index in [2.05, 4.69) is 4.98 Å². The molecule has 19 heavy (non-hydrogen) atoms. The van der Waals surface area contributed by atoms with Gasteiger partial charge in [0, 0.05) is 22.8 Å². The molecule has 0 spiro atoms. The summed E-state index contributed by atoms with van der Waals surface area (Å²) in [6.07, 6.45) is 1.60. The molecule has 0 saturated carbocycles. The topological polar surface area (TPSA) is 79.1 Å². The molecule has 0 unspecified atom stereocenters. The first kappa shape index (κ1) is 11.3. The summed E-state index contributed by atoms with van der Waals surface area (Å²) in [5.74, 6) is 0.0843. The first-order chi connectivity index (χ1) is 9.16. The van der Waals surface area contributed by atoms with E-state index in [9.17, 15) is 9.90 Å². The van der Waals surface area contributed by atoms with Crippen molar-refractivity contribution in [3.05, 3.63) is 59.0 Å². The van der Waals surface area contributed by atoms with Crippen LogP contribution in [-0.2, 0) is 0 Å². The number of phenolic OH excluding ortho intramolecular Hbond substituents is 1. The van der Waals surface area contributed by atoms with Gasteiger partial charge in [0.05, 0.1) is 5.39 Å². The van der Waals surface area contributed by atoms with Crippen LogP contribution in [0.1, 0.15) is 0 Å². The molecule has 0 aliphatic carbocycles. The molecule has 1 aromatic heterocycles. The van der Waals surface area contributed by atoms with Crippen LogP contribution in [0.3, 0.4) is 0 Å². The second-order valence-electron chi connectivity index (χ2n) is 4.36. The van der Waals surface area contributed by atoms with Gasteiger partial charge in [-0.3, -0.25) is 4.79 Å². The Hall–Kier alpha value is -2.75. The lowest BCUT2D eigenvalue weighted by Crippen LogP contribution is -2.05. The van der Waals surface area contributed by atoms with E-state index < -0.39 is 0 Å². The fraction of sp³-hybridized carbons (Fsp3) is 0. The Kier molecular flexibility index (Phi) is 2.49. The van der Waals surface area contributed by atoms with Gasteiger partial charge < -0.3 is 15.8 Å². The molecular formula is C15H12N2O2. The van der Waals surface area contributed by atoms with Gasteiger partial charge >= 0.3 is 0 Å². The molecule has 3 aromatic rings. The summed E-state index contributed by atoms with van der Waals surface area (Å²) in [5, 5.41) is 11.0. The van der Waals surface area contributed by atoms with Gasteiger partial charge in [-0.25, -0.2) is 0 Å². The predicted octanol–water partition coefficient (Wildman–Crippen LogP) is 2.48. The Labute approximate surface area is 109 Å². The maximum atomic E-state index is 11.8. The van der Waals surface area contributed by atoms with Gasteiger partial charge in [0.1, 0.15) is 5.75 Å². The molecule has 4 heteroatoms. The molecule has 3 rings (SSSR count). The van der Waals surface area contributed by atoms with Crippen molar-refractivity contribution in [2.75, 3.05) is 5.73 Å². The molecule has 0 aliphatic rings. The van der Waals surface area contributed by atoms with Crippen LogP contribution in [0.5, 0.6) is 5.75 Å². The van der Waals surface area contributed by atoms with Crippen LogP contribution >= 0.6 is 0 Å². The Balaban J connectivity index is 2.43. The number of hydrogen-bond acceptors (Lipinski definition) is 3. The number of fused-ring (bicyclic) bond motifs is 1. The number of nitrogens with one attached hydrogen (secondary N) is 1. The molecule has 0 saturated heterocycles. The molecule has 2 aromatic carbocycles. The van der Waals surface area contributed by atoms with Gasteiger partial charge in [0.25, 0.3) is 5.56 Å². The van der Waals surface area contributed by atoms with Gasteiger partial charge in [0.15, 0.2) is 0 Å². The lowest BCUT2D eigenvalue weighted by Gasteiger charge is -2.08. The SMILES string of the molecule is Nc1cccc(-c2c[nH]c(=O)c3cccc(O)c23)c1. The number of rotatable bonds is 1. The maximum Gasteiger partial charge on any atom is 0.255 e. The van der Waals surface area contributed by atoms with E-state index in [1.165, 1.54) is 0 Å². The fourth-order valence-electron chi connectivity index (χ4n) is 2.23. The monoisotopic (exact) mass is 252 g/mol. The number of aromatic hydroxyl groups is 1. The average molecular weight is 252 g/mol. The smallest absolute Gasteiger partial charge is 0.255 e. The minimum atomic E-state index is -0.224. The number of phenols is 1. The molecule has 0 radical (unpaired) electrons. The zero-order chi connectivity index (χ0) is 13.4. The second kappa shape index (κ2) is 4.17. The van der Waals surface area contributed by atoms with Crippen molar-refractivity contribution < 1.29 is 5.11 Å². The van der Waals surface area contributed by atoms with Crippen LogP contribution in [0.2, 0.25) is 0 Å². The number of benzene rings is 2. The lowest BCUT2D eigenvalue weighted by atomic mass is 10.00. The summed E-state index contributed by atoms with van der Waals surface area (Å²) in [4.78, 5) is 14.5. The van der Waals surface area contributed by atoms with Gasteiger partial charge in [-0.15, -0.1) is 0 Å². The number of aromatic amines is 1. The van der Waals surface area contributed by atoms with Crippen LogP contribution in [0.25, 0.3) is 21.9 Å². The van der Waals surface area contributed by atoms with Crippen LogP contribution in [0.4, 0.5) is 5.69 Å². The average Bonchev–Trinajstić information content (AvgIpc) is 2.40. The molecule has 94 valence electrons. The number of nitrogen functional groups attached to an aromatic ring is 1. The minimum absolute atomic E-state index is 0.0843. The summed E-state index contributed by atoms with van der Waals surface area (Å²) >= 11 is 0. The Morgan fingerprint density at radius 1 is 1.11 bits per heavy atom. The summed E-state index contributed by atoms with van der Waals surface area (Å²) in [7, 11) is 0. The number of pyridine rings is 1. The van der Waals surface area contributed by atoms with E-state index in [0.717, 1.165) is 11.1 Å². The highest BCUT2D eigenvalue weighted by Crippen LogP contribution is 2.32. The normalized spacial score (nSPS) is 10.7. The van der Waals surface area contributed by atoms with E-state index >= 15 is 0 Å². The quantitative estimate of drug-likeness (QED) is 0.582. The van der Waals surface area contributed by atoms with Crippen LogP contribution in [-0.4, -0.2) is 10.1 Å². The molecule has 0 atom stereocenters. The molecule has 0 bridgehead atoms. The highest BCUT2D eigenvalue weighted by atomic mass is 16.3. The van der Waals surface area contributed by atoms with Gasteiger partial charge in [-0.05, 0) is 29.8 Å². The van der Waals surface area contributed by atoms with Crippen molar-refractivity contribution >= 4 is 16.5 Å². The second-order valence-corrected chi connectivity index (χ2v) is 4.36. The fourth-order valence-corrected chi connectivity index (χ4v) is 2.23. The maximum absolute atomic E-state index is 11.8. The van der Waals surface area contributed by atoms with Gasteiger partial charge in [0.2, 0.25) is 0 Å². The molecule has 0 aliphatic heterocycles. The van der Waals surface area contributed by atoms with E-state index in [0.29, 0.717) is 16.5 Å². The van der Waals surface area contributed by atoms with Gasteiger partial charge in [-0.1, -0.05) is 18.2 Å². The highest BCUT2D eigenvalue weighted by Gasteiger charge is 2.10. The summed E-state index contributed by atoms with van der Waals surface area (Å²) in [6, 6.07) is 12.2. The Morgan fingerprint density at radius 2 is 1.89 bits per heavy atom. The van der Waals surface area contributed by atoms with Crippen molar-refractivity contribution in [1.29, 1.82) is 0 Å². The van der Waals surface area contributed by atoms with Crippen molar-refractivity contribution in [3.63, 3.8) is 0 Å². The molecule has 1 heterocycles.